The van der Waals surface area contributed by atoms with Crippen molar-refractivity contribution < 1.29 is 0 Å². The van der Waals surface area contributed by atoms with Crippen LogP contribution in [0.25, 0.3) is 0 Å². The van der Waals surface area contributed by atoms with Crippen LogP contribution < -0.4 is 10.6 Å². The molecular formula is C15H32N2. The minimum absolute atomic E-state index is 0.233. The molecule has 1 aliphatic heterocycles. The summed E-state index contributed by atoms with van der Waals surface area (Å²) in [7, 11) is 0. The molecule has 2 heteroatoms. The molecule has 2 N–H and O–H groups in total. The van der Waals surface area contributed by atoms with Crippen LogP contribution in [0.4, 0.5) is 0 Å². The molecular weight excluding hydrogens is 208 g/mol. The maximum atomic E-state index is 3.75. The van der Waals surface area contributed by atoms with Gasteiger partial charge in [0, 0.05) is 18.1 Å². The molecule has 1 aliphatic rings. The first-order valence-corrected chi connectivity index (χ1v) is 7.18. The third kappa shape index (κ3) is 5.87. The topological polar surface area (TPSA) is 24.1 Å². The van der Waals surface area contributed by atoms with Gasteiger partial charge >= 0.3 is 0 Å². The van der Waals surface area contributed by atoms with E-state index in [0.29, 0.717) is 11.5 Å². The number of piperidine rings is 1. The summed E-state index contributed by atoms with van der Waals surface area (Å²) in [5.41, 5.74) is 0.624. The molecule has 0 aromatic carbocycles. The van der Waals surface area contributed by atoms with Gasteiger partial charge in [0.1, 0.15) is 0 Å². The van der Waals surface area contributed by atoms with E-state index in [1.54, 1.807) is 0 Å². The maximum Gasteiger partial charge on any atom is 0.0218 e. The Bertz CT molecular complexity index is 228. The molecule has 1 saturated heterocycles. The second-order valence-electron chi connectivity index (χ2n) is 7.68. The monoisotopic (exact) mass is 240 g/mol. The van der Waals surface area contributed by atoms with Crippen LogP contribution in [0.1, 0.15) is 60.8 Å². The van der Waals surface area contributed by atoms with Gasteiger partial charge in [0.15, 0.2) is 0 Å². The zero-order valence-electron chi connectivity index (χ0n) is 12.7. The molecule has 0 aliphatic carbocycles. The van der Waals surface area contributed by atoms with Gasteiger partial charge in [0.25, 0.3) is 0 Å². The zero-order valence-corrected chi connectivity index (χ0v) is 12.7. The van der Waals surface area contributed by atoms with Gasteiger partial charge in [0.2, 0.25) is 0 Å². The Kier molecular flexibility index (Phi) is 5.03. The number of hydrogen-bond donors (Lipinski definition) is 2. The molecule has 2 atom stereocenters. The van der Waals surface area contributed by atoms with Gasteiger partial charge in [-0.05, 0) is 51.0 Å². The third-order valence-corrected chi connectivity index (χ3v) is 3.70. The minimum Gasteiger partial charge on any atom is -0.312 e. The van der Waals surface area contributed by atoms with E-state index in [4.69, 9.17) is 0 Å². The summed E-state index contributed by atoms with van der Waals surface area (Å²) in [5.74, 6) is 0.807. The highest BCUT2D eigenvalue weighted by atomic mass is 15.0. The van der Waals surface area contributed by atoms with E-state index in [-0.39, 0.29) is 5.54 Å². The molecule has 17 heavy (non-hydrogen) atoms. The van der Waals surface area contributed by atoms with Gasteiger partial charge in [-0.1, -0.05) is 27.7 Å². The van der Waals surface area contributed by atoms with Gasteiger partial charge in [-0.2, -0.15) is 0 Å². The largest absolute Gasteiger partial charge is 0.312 e. The van der Waals surface area contributed by atoms with Crippen LogP contribution in [-0.2, 0) is 0 Å². The normalized spacial score (nSPS) is 27.2. The number of hydrogen-bond acceptors (Lipinski definition) is 2. The predicted molar refractivity (Wildman–Crippen MR) is 76.3 cm³/mol. The fourth-order valence-electron chi connectivity index (χ4n) is 3.16. The number of rotatable bonds is 4. The van der Waals surface area contributed by atoms with E-state index in [0.717, 1.165) is 12.5 Å². The molecule has 1 rings (SSSR count). The number of nitrogens with one attached hydrogen (secondary N) is 2. The molecule has 2 unspecified atom stereocenters. The van der Waals surface area contributed by atoms with E-state index in [9.17, 15) is 0 Å². The van der Waals surface area contributed by atoms with Crippen molar-refractivity contribution in [2.75, 3.05) is 13.1 Å². The molecule has 102 valence electrons. The van der Waals surface area contributed by atoms with Gasteiger partial charge in [-0.15, -0.1) is 0 Å². The molecule has 2 nitrogen and oxygen atoms in total. The average Bonchev–Trinajstić information content (AvgIpc) is 2.13. The molecule has 0 radical (unpaired) electrons. The Morgan fingerprint density at radius 1 is 1.18 bits per heavy atom. The molecule has 1 fully saturated rings. The predicted octanol–water partition coefficient (Wildman–Crippen LogP) is 3.18. The summed E-state index contributed by atoms with van der Waals surface area (Å²) < 4.78 is 0. The third-order valence-electron chi connectivity index (χ3n) is 3.70. The van der Waals surface area contributed by atoms with Gasteiger partial charge in [-0.3, -0.25) is 0 Å². The lowest BCUT2D eigenvalue weighted by Crippen LogP contribution is -2.52. The van der Waals surface area contributed by atoms with Crippen molar-refractivity contribution in [3.05, 3.63) is 0 Å². The average molecular weight is 240 g/mol. The first kappa shape index (κ1) is 15.0. The fraction of sp³-hybridized carbons (Fsp3) is 1.00. The van der Waals surface area contributed by atoms with E-state index >= 15 is 0 Å². The van der Waals surface area contributed by atoms with E-state index in [2.05, 4.69) is 52.2 Å². The molecule has 0 amide bonds. The minimum atomic E-state index is 0.233. The summed E-state index contributed by atoms with van der Waals surface area (Å²) in [6, 6.07) is 0.656. The van der Waals surface area contributed by atoms with Crippen molar-refractivity contribution >= 4 is 0 Å². The van der Waals surface area contributed by atoms with Crippen molar-refractivity contribution in [2.24, 2.45) is 11.3 Å². The van der Waals surface area contributed by atoms with Crippen LogP contribution in [0, 0.1) is 11.3 Å². The van der Waals surface area contributed by atoms with Gasteiger partial charge in [0.05, 0.1) is 0 Å². The van der Waals surface area contributed by atoms with Crippen LogP contribution in [0.3, 0.4) is 0 Å². The quantitative estimate of drug-likeness (QED) is 0.788. The highest BCUT2D eigenvalue weighted by Crippen LogP contribution is 2.27. The molecule has 0 aromatic rings. The van der Waals surface area contributed by atoms with Crippen molar-refractivity contribution in [3.8, 4) is 0 Å². The first-order chi connectivity index (χ1) is 7.70. The molecule has 0 bridgehead atoms. The van der Waals surface area contributed by atoms with Crippen LogP contribution in [0.2, 0.25) is 0 Å². The Balaban J connectivity index is 2.37. The molecule has 0 spiro atoms. The Hall–Kier alpha value is -0.0800. The lowest BCUT2D eigenvalue weighted by atomic mass is 9.81. The summed E-state index contributed by atoms with van der Waals surface area (Å²) in [4.78, 5) is 0. The lowest BCUT2D eigenvalue weighted by molar-refractivity contribution is 0.214. The molecule has 0 aromatic heterocycles. The summed E-state index contributed by atoms with van der Waals surface area (Å²) >= 11 is 0. The van der Waals surface area contributed by atoms with Crippen molar-refractivity contribution in [1.82, 2.24) is 10.6 Å². The van der Waals surface area contributed by atoms with Crippen LogP contribution in [0.5, 0.6) is 0 Å². The maximum absolute atomic E-state index is 3.75. The second-order valence-corrected chi connectivity index (χ2v) is 7.68. The summed E-state index contributed by atoms with van der Waals surface area (Å²) in [5, 5.41) is 7.39. The van der Waals surface area contributed by atoms with Crippen LogP contribution >= 0.6 is 0 Å². The van der Waals surface area contributed by atoms with Crippen LogP contribution in [-0.4, -0.2) is 24.7 Å². The van der Waals surface area contributed by atoms with Crippen molar-refractivity contribution in [3.63, 3.8) is 0 Å². The smallest absolute Gasteiger partial charge is 0.0218 e. The molecule has 0 saturated carbocycles. The van der Waals surface area contributed by atoms with E-state index in [1.165, 1.54) is 25.8 Å². The standard InChI is InChI=1S/C15H32N2/c1-12-8-7-9-16-13(12)10-17-15(5,6)11-14(2,3)4/h12-13,16-17H,7-11H2,1-6H3. The summed E-state index contributed by atoms with van der Waals surface area (Å²) in [6.07, 6.45) is 3.92. The van der Waals surface area contributed by atoms with E-state index in [1.807, 2.05) is 0 Å². The van der Waals surface area contributed by atoms with Gasteiger partial charge < -0.3 is 10.6 Å². The molecule has 1 heterocycles. The first-order valence-electron chi connectivity index (χ1n) is 7.18. The summed E-state index contributed by atoms with van der Waals surface area (Å²) in [6.45, 7) is 16.3. The fourth-order valence-corrected chi connectivity index (χ4v) is 3.16. The highest BCUT2D eigenvalue weighted by molar-refractivity contribution is 4.87. The Morgan fingerprint density at radius 2 is 1.82 bits per heavy atom. The van der Waals surface area contributed by atoms with Crippen LogP contribution in [0.15, 0.2) is 0 Å². The SMILES string of the molecule is CC1CCCNC1CNC(C)(C)CC(C)(C)C. The van der Waals surface area contributed by atoms with E-state index < -0.39 is 0 Å². The second kappa shape index (κ2) is 5.71. The Morgan fingerprint density at radius 3 is 2.35 bits per heavy atom. The Labute approximate surface area is 108 Å². The lowest BCUT2D eigenvalue weighted by Gasteiger charge is -2.37. The van der Waals surface area contributed by atoms with Crippen molar-refractivity contribution in [2.45, 2.75) is 72.4 Å². The zero-order chi connectivity index (χ0) is 13.1. The highest BCUT2D eigenvalue weighted by Gasteiger charge is 2.27. The van der Waals surface area contributed by atoms with Crippen molar-refractivity contribution in [1.29, 1.82) is 0 Å². The van der Waals surface area contributed by atoms with Gasteiger partial charge in [-0.25, -0.2) is 0 Å².